The Bertz CT molecular complexity index is 1010. The second-order valence-corrected chi connectivity index (χ2v) is 5.90. The predicted octanol–water partition coefficient (Wildman–Crippen LogP) is 2.72. The maximum atomic E-state index is 12.7. The first-order valence-corrected chi connectivity index (χ1v) is 8.19. The van der Waals surface area contributed by atoms with Crippen LogP contribution in [0.3, 0.4) is 0 Å². The third-order valence-corrected chi connectivity index (χ3v) is 3.84. The molecule has 7 nitrogen and oxygen atoms in total. The summed E-state index contributed by atoms with van der Waals surface area (Å²) in [4.78, 5) is 17.2. The molecule has 0 unspecified atom stereocenters. The molecule has 2 heterocycles. The van der Waals surface area contributed by atoms with Gasteiger partial charge in [0.1, 0.15) is 18.2 Å². The minimum atomic E-state index is -4.42. The highest BCUT2D eigenvalue weighted by molar-refractivity contribution is 5.54. The third kappa shape index (κ3) is 4.39. The van der Waals surface area contributed by atoms with Crippen molar-refractivity contribution in [2.75, 3.05) is 13.7 Å². The van der Waals surface area contributed by atoms with Gasteiger partial charge in [-0.3, -0.25) is 14.0 Å². The minimum Gasteiger partial charge on any atom is -0.484 e. The number of nitrogens with zero attached hydrogens (tertiary/aromatic N) is 4. The van der Waals surface area contributed by atoms with Crippen LogP contribution in [-0.4, -0.2) is 39.2 Å². The molecule has 0 spiro atoms. The topological polar surface area (TPSA) is 71.2 Å². The number of aryl methyl sites for hydroxylation is 1. The second kappa shape index (κ2) is 7.85. The molecule has 28 heavy (non-hydrogen) atoms. The van der Waals surface area contributed by atoms with Gasteiger partial charge in [-0.25, -0.2) is 4.98 Å². The van der Waals surface area contributed by atoms with E-state index in [1.165, 1.54) is 42.0 Å². The van der Waals surface area contributed by atoms with E-state index in [2.05, 4.69) is 14.8 Å². The lowest BCUT2D eigenvalue weighted by atomic mass is 10.2. The third-order valence-electron chi connectivity index (χ3n) is 3.84. The summed E-state index contributed by atoms with van der Waals surface area (Å²) in [7, 11) is 3.21. The van der Waals surface area contributed by atoms with Crippen LogP contribution in [0.5, 0.6) is 5.75 Å². The fourth-order valence-electron chi connectivity index (χ4n) is 2.65. The van der Waals surface area contributed by atoms with Gasteiger partial charge in [-0.1, -0.05) is 0 Å². The van der Waals surface area contributed by atoms with Crippen molar-refractivity contribution in [1.82, 2.24) is 19.3 Å². The van der Waals surface area contributed by atoms with Crippen LogP contribution < -0.4 is 10.3 Å². The van der Waals surface area contributed by atoms with E-state index in [4.69, 9.17) is 4.74 Å². The number of hydrogen-bond acceptors (Lipinski definition) is 5. The van der Waals surface area contributed by atoms with Crippen LogP contribution in [0, 0.1) is 0 Å². The lowest BCUT2D eigenvalue weighted by Gasteiger charge is -2.14. The SMILES string of the molecule is COCc1nc(-c2ccnn2C)cc(=O)n1-c1ccc(OCC(F)(F)F)cc1. The van der Waals surface area contributed by atoms with Crippen molar-refractivity contribution in [3.05, 3.63) is 58.8 Å². The lowest BCUT2D eigenvalue weighted by molar-refractivity contribution is -0.153. The van der Waals surface area contributed by atoms with Crippen LogP contribution in [0.15, 0.2) is 47.4 Å². The monoisotopic (exact) mass is 394 g/mol. The smallest absolute Gasteiger partial charge is 0.422 e. The minimum absolute atomic E-state index is 0.0434. The summed E-state index contributed by atoms with van der Waals surface area (Å²) in [6, 6.07) is 8.79. The Morgan fingerprint density at radius 3 is 2.43 bits per heavy atom. The first kappa shape index (κ1) is 19.6. The highest BCUT2D eigenvalue weighted by Crippen LogP contribution is 2.21. The van der Waals surface area contributed by atoms with Crippen molar-refractivity contribution in [3.63, 3.8) is 0 Å². The molecule has 0 atom stereocenters. The molecule has 0 bridgehead atoms. The average Bonchev–Trinajstić information content (AvgIpc) is 3.06. The van der Waals surface area contributed by atoms with Gasteiger partial charge in [-0.15, -0.1) is 0 Å². The fourth-order valence-corrected chi connectivity index (χ4v) is 2.65. The molecule has 2 aromatic heterocycles. The molecular formula is C18H17F3N4O3. The molecule has 0 aliphatic carbocycles. The molecule has 0 saturated heterocycles. The van der Waals surface area contributed by atoms with Crippen LogP contribution >= 0.6 is 0 Å². The molecule has 0 aliphatic heterocycles. The van der Waals surface area contributed by atoms with Gasteiger partial charge in [0.25, 0.3) is 5.56 Å². The molecule has 1 aromatic carbocycles. The summed E-state index contributed by atoms with van der Waals surface area (Å²) in [5.74, 6) is 0.386. The maximum absolute atomic E-state index is 12.7. The lowest BCUT2D eigenvalue weighted by Crippen LogP contribution is -2.24. The van der Waals surface area contributed by atoms with Gasteiger partial charge in [0.15, 0.2) is 6.61 Å². The summed E-state index contributed by atoms with van der Waals surface area (Å²) >= 11 is 0. The Kier molecular flexibility index (Phi) is 5.50. The Balaban J connectivity index is 1.97. The van der Waals surface area contributed by atoms with E-state index in [9.17, 15) is 18.0 Å². The summed E-state index contributed by atoms with van der Waals surface area (Å²) in [6.07, 6.45) is -2.83. The van der Waals surface area contributed by atoms with E-state index in [-0.39, 0.29) is 17.9 Å². The van der Waals surface area contributed by atoms with Crippen LogP contribution in [0.2, 0.25) is 0 Å². The Hall–Kier alpha value is -3.14. The van der Waals surface area contributed by atoms with Crippen molar-refractivity contribution in [2.24, 2.45) is 7.05 Å². The van der Waals surface area contributed by atoms with E-state index in [0.717, 1.165) is 0 Å². The molecule has 3 aromatic rings. The van der Waals surface area contributed by atoms with Gasteiger partial charge in [0.05, 0.1) is 17.1 Å². The highest BCUT2D eigenvalue weighted by atomic mass is 19.4. The van der Waals surface area contributed by atoms with E-state index < -0.39 is 12.8 Å². The zero-order valence-electron chi connectivity index (χ0n) is 15.1. The van der Waals surface area contributed by atoms with Crippen molar-refractivity contribution in [3.8, 4) is 22.8 Å². The van der Waals surface area contributed by atoms with E-state index in [1.807, 2.05) is 0 Å². The maximum Gasteiger partial charge on any atom is 0.422 e. The molecule has 0 radical (unpaired) electrons. The van der Waals surface area contributed by atoms with Crippen LogP contribution in [0.25, 0.3) is 17.1 Å². The summed E-state index contributed by atoms with van der Waals surface area (Å²) in [5, 5.41) is 4.07. The first-order valence-electron chi connectivity index (χ1n) is 8.19. The molecular weight excluding hydrogens is 377 g/mol. The van der Waals surface area contributed by atoms with Crippen molar-refractivity contribution in [1.29, 1.82) is 0 Å². The number of benzene rings is 1. The van der Waals surface area contributed by atoms with Gasteiger partial charge in [0, 0.05) is 26.4 Å². The molecule has 0 fully saturated rings. The Morgan fingerprint density at radius 1 is 1.14 bits per heavy atom. The fraction of sp³-hybridized carbons (Fsp3) is 0.278. The Morgan fingerprint density at radius 2 is 1.86 bits per heavy atom. The molecule has 0 N–H and O–H groups in total. The van der Waals surface area contributed by atoms with Crippen molar-refractivity contribution >= 4 is 0 Å². The molecule has 10 heteroatoms. The molecule has 3 rings (SSSR count). The number of halogens is 3. The molecule has 148 valence electrons. The van der Waals surface area contributed by atoms with Crippen LogP contribution in [0.4, 0.5) is 13.2 Å². The summed E-state index contributed by atoms with van der Waals surface area (Å²) in [5.41, 5.74) is 1.18. The van der Waals surface area contributed by atoms with Gasteiger partial charge in [-0.2, -0.15) is 18.3 Å². The summed E-state index contributed by atoms with van der Waals surface area (Å²) < 4.78 is 49.5. The number of aromatic nitrogens is 4. The highest BCUT2D eigenvalue weighted by Gasteiger charge is 2.28. The number of rotatable bonds is 6. The van der Waals surface area contributed by atoms with E-state index in [0.29, 0.717) is 22.9 Å². The number of ether oxygens (including phenoxy) is 2. The van der Waals surface area contributed by atoms with Crippen molar-refractivity contribution < 1.29 is 22.6 Å². The number of alkyl halides is 3. The standard InChI is InChI=1S/C18H17F3N4O3/c1-24-15(7-8-22-24)14-9-17(26)25(16(23-14)10-27-2)12-3-5-13(6-4-12)28-11-18(19,20)21/h3-9H,10-11H2,1-2H3. The predicted molar refractivity (Wildman–Crippen MR) is 94.3 cm³/mol. The number of methoxy groups -OCH3 is 1. The molecule has 0 saturated carbocycles. The van der Waals surface area contributed by atoms with Crippen molar-refractivity contribution in [2.45, 2.75) is 12.8 Å². The first-order chi connectivity index (χ1) is 13.3. The van der Waals surface area contributed by atoms with E-state index >= 15 is 0 Å². The second-order valence-electron chi connectivity index (χ2n) is 5.90. The molecule has 0 amide bonds. The van der Waals surface area contributed by atoms with Crippen LogP contribution in [-0.2, 0) is 18.4 Å². The van der Waals surface area contributed by atoms with Gasteiger partial charge >= 0.3 is 6.18 Å². The average molecular weight is 394 g/mol. The quantitative estimate of drug-likeness (QED) is 0.643. The zero-order chi connectivity index (χ0) is 20.3. The largest absolute Gasteiger partial charge is 0.484 e. The van der Waals surface area contributed by atoms with Gasteiger partial charge < -0.3 is 9.47 Å². The summed E-state index contributed by atoms with van der Waals surface area (Å²) in [6.45, 7) is -1.32. The van der Waals surface area contributed by atoms with Crippen LogP contribution in [0.1, 0.15) is 5.82 Å². The normalized spacial score (nSPS) is 11.6. The van der Waals surface area contributed by atoms with E-state index in [1.54, 1.807) is 24.0 Å². The van der Waals surface area contributed by atoms with Gasteiger partial charge in [-0.05, 0) is 30.3 Å². The Labute approximate surface area is 158 Å². The number of hydrogen-bond donors (Lipinski definition) is 0. The molecule has 0 aliphatic rings. The van der Waals surface area contributed by atoms with Gasteiger partial charge in [0.2, 0.25) is 0 Å². The zero-order valence-corrected chi connectivity index (χ0v) is 15.1.